The van der Waals surface area contributed by atoms with Crippen molar-refractivity contribution >= 4 is 141 Å². The molecule has 0 unspecified atom stereocenters. The fourth-order valence-electron chi connectivity index (χ4n) is 17.0. The lowest BCUT2D eigenvalue weighted by atomic mass is 9.95. The normalized spacial score (nSPS) is 11.9. The highest BCUT2D eigenvalue weighted by molar-refractivity contribution is 6.26. The molecule has 0 aliphatic rings. The standard InChI is InChI=1S/C54H34N2.C44H28N2/c1-2-11-35(12-3-1)36-23-28-42(29-24-36)55-49-18-8-6-16-45(49)54-47-34-40(22-21-38(47)26-31-51(54)55)39-25-30-44-41(33-39)27-32-52-53(44)46-17-7-9-19-50(46)56(52)48-20-10-14-37-13-4-5-15-43(37)48;1-3-12-33(13-4-1)45-39-18-10-9-17-36(39)44-37-27-31(20-19-30(37)22-26-42(44)45)32-23-24-40-38(28-32)43-35-16-8-7-11-29(35)21-25-41(43)46(40)34-14-5-2-6-15-34/h1-34H;1-28H. The average Bonchev–Trinajstić information content (AvgIpc) is 1.59. The lowest BCUT2D eigenvalue weighted by Gasteiger charge is -2.12. The van der Waals surface area contributed by atoms with Crippen LogP contribution in [-0.2, 0) is 0 Å². The summed E-state index contributed by atoms with van der Waals surface area (Å²) in [6.45, 7) is 0. The first kappa shape index (κ1) is 57.5. The van der Waals surface area contributed by atoms with Gasteiger partial charge in [0.05, 0.1) is 49.8 Å². The Labute approximate surface area is 587 Å². The summed E-state index contributed by atoms with van der Waals surface area (Å²) in [4.78, 5) is 0. The lowest BCUT2D eigenvalue weighted by molar-refractivity contribution is 1.18. The highest BCUT2D eigenvalue weighted by Crippen LogP contribution is 2.45. The van der Waals surface area contributed by atoms with Gasteiger partial charge in [0.15, 0.2) is 0 Å². The zero-order valence-corrected chi connectivity index (χ0v) is 55.6. The first-order chi connectivity index (χ1) is 50.6. The molecular weight excluding hydrogens is 1230 g/mol. The van der Waals surface area contributed by atoms with Crippen molar-refractivity contribution in [3.63, 3.8) is 0 Å². The molecule has 0 atom stereocenters. The van der Waals surface area contributed by atoms with Crippen LogP contribution < -0.4 is 0 Å². The molecule has 0 bridgehead atoms. The van der Waals surface area contributed by atoms with Crippen molar-refractivity contribution in [2.45, 2.75) is 0 Å². The first-order valence-corrected chi connectivity index (χ1v) is 35.2. The largest absolute Gasteiger partial charge is 0.309 e. The second-order valence-corrected chi connectivity index (χ2v) is 27.1. The van der Waals surface area contributed by atoms with E-state index in [1.165, 1.54) is 192 Å². The maximum Gasteiger partial charge on any atom is 0.0547 e. The van der Waals surface area contributed by atoms with Gasteiger partial charge in [-0.1, -0.05) is 261 Å². The van der Waals surface area contributed by atoms with Gasteiger partial charge in [-0.2, -0.15) is 0 Å². The minimum Gasteiger partial charge on any atom is -0.309 e. The van der Waals surface area contributed by atoms with E-state index in [1.807, 2.05) is 0 Å². The van der Waals surface area contributed by atoms with Gasteiger partial charge in [0.2, 0.25) is 0 Å². The van der Waals surface area contributed by atoms with Crippen LogP contribution in [0.15, 0.2) is 376 Å². The van der Waals surface area contributed by atoms with Crippen LogP contribution in [0, 0.1) is 0 Å². The summed E-state index contributed by atoms with van der Waals surface area (Å²) >= 11 is 0. The van der Waals surface area contributed by atoms with Gasteiger partial charge in [-0.3, -0.25) is 0 Å². The second kappa shape index (κ2) is 23.0. The molecule has 0 saturated carbocycles. The molecule has 0 amide bonds. The fourth-order valence-corrected chi connectivity index (χ4v) is 17.0. The van der Waals surface area contributed by atoms with Crippen molar-refractivity contribution in [3.8, 4) is 56.1 Å². The number of aromatic nitrogens is 4. The topological polar surface area (TPSA) is 19.7 Å². The Morgan fingerprint density at radius 1 is 0.137 bits per heavy atom. The number of para-hydroxylation sites is 5. The first-order valence-electron chi connectivity index (χ1n) is 35.2. The van der Waals surface area contributed by atoms with Gasteiger partial charge in [0.25, 0.3) is 0 Å². The summed E-state index contributed by atoms with van der Waals surface area (Å²) in [6, 6.07) is 138. The molecule has 4 heterocycles. The van der Waals surface area contributed by atoms with Crippen molar-refractivity contribution in [1.29, 1.82) is 0 Å². The zero-order chi connectivity index (χ0) is 66.9. The summed E-state index contributed by atoms with van der Waals surface area (Å²) in [5.41, 5.74) is 21.8. The van der Waals surface area contributed by atoms with Gasteiger partial charge in [-0.25, -0.2) is 0 Å². The smallest absolute Gasteiger partial charge is 0.0547 e. The van der Waals surface area contributed by atoms with E-state index in [0.717, 1.165) is 5.69 Å². The zero-order valence-electron chi connectivity index (χ0n) is 55.6. The highest BCUT2D eigenvalue weighted by Gasteiger charge is 2.22. The van der Waals surface area contributed by atoms with Crippen LogP contribution in [0.2, 0.25) is 0 Å². The Bertz CT molecular complexity index is 7150. The Morgan fingerprint density at radius 3 is 1.01 bits per heavy atom. The van der Waals surface area contributed by atoms with Crippen LogP contribution in [0.5, 0.6) is 0 Å². The molecule has 22 rings (SSSR count). The minimum atomic E-state index is 1.16. The molecular formula is C98H62N4. The second-order valence-electron chi connectivity index (χ2n) is 27.1. The SMILES string of the molecule is c1ccc(-c2ccc(-n3c4ccccc4c4c5cc(-c6ccc7c(ccc8c7c7ccccc7n8-c7cccc8ccccc78)c6)ccc5ccc43)cc2)cc1.c1ccc(-n2c3ccccc3c3c4cc(-c5ccc6c(c5)c5c7ccccc7ccc5n6-c5ccccc5)ccc4ccc32)cc1. The molecule has 474 valence electrons. The maximum atomic E-state index is 2.45. The van der Waals surface area contributed by atoms with E-state index in [9.17, 15) is 0 Å². The van der Waals surface area contributed by atoms with E-state index in [2.05, 4.69) is 394 Å². The summed E-state index contributed by atoms with van der Waals surface area (Å²) in [5, 5.41) is 22.8. The average molecular weight is 1300 g/mol. The van der Waals surface area contributed by atoms with Crippen molar-refractivity contribution < 1.29 is 0 Å². The van der Waals surface area contributed by atoms with E-state index < -0.39 is 0 Å². The van der Waals surface area contributed by atoms with Gasteiger partial charge < -0.3 is 18.3 Å². The van der Waals surface area contributed by atoms with Crippen LogP contribution in [0.25, 0.3) is 197 Å². The van der Waals surface area contributed by atoms with Gasteiger partial charge in [-0.05, 0) is 197 Å². The quantitative estimate of drug-likeness (QED) is 0.152. The number of benzene rings is 18. The molecule has 0 N–H and O–H groups in total. The molecule has 18 aromatic carbocycles. The lowest BCUT2D eigenvalue weighted by Crippen LogP contribution is -1.95. The number of hydrogen-bond donors (Lipinski definition) is 0. The van der Waals surface area contributed by atoms with E-state index in [0.29, 0.717) is 0 Å². The van der Waals surface area contributed by atoms with Gasteiger partial charge >= 0.3 is 0 Å². The molecule has 4 aromatic heterocycles. The predicted molar refractivity (Wildman–Crippen MR) is 434 cm³/mol. The van der Waals surface area contributed by atoms with E-state index in [1.54, 1.807) is 0 Å². The molecule has 4 nitrogen and oxygen atoms in total. The van der Waals surface area contributed by atoms with Gasteiger partial charge in [0.1, 0.15) is 0 Å². The molecule has 0 fully saturated rings. The summed E-state index contributed by atoms with van der Waals surface area (Å²) in [5.74, 6) is 0. The number of fused-ring (bicyclic) bond motifs is 21. The number of hydrogen-bond acceptors (Lipinski definition) is 0. The minimum absolute atomic E-state index is 1.16. The number of rotatable bonds is 7. The molecule has 4 heteroatoms. The maximum absolute atomic E-state index is 2.45. The molecule has 0 radical (unpaired) electrons. The Balaban J connectivity index is 0.000000135. The number of nitrogens with zero attached hydrogens (tertiary/aromatic N) is 4. The third-order valence-corrected chi connectivity index (χ3v) is 21.6. The predicted octanol–water partition coefficient (Wildman–Crippen LogP) is 26.5. The van der Waals surface area contributed by atoms with Gasteiger partial charge in [0, 0.05) is 65.5 Å². The molecule has 0 spiro atoms. The molecule has 0 aliphatic heterocycles. The Hall–Kier alpha value is -13.5. The summed E-state index contributed by atoms with van der Waals surface area (Å²) in [6.07, 6.45) is 0. The van der Waals surface area contributed by atoms with Crippen LogP contribution in [0.1, 0.15) is 0 Å². The monoisotopic (exact) mass is 1290 g/mol. The van der Waals surface area contributed by atoms with Crippen molar-refractivity contribution in [1.82, 2.24) is 18.3 Å². The van der Waals surface area contributed by atoms with Crippen LogP contribution in [-0.4, -0.2) is 18.3 Å². The Morgan fingerprint density at radius 2 is 0.451 bits per heavy atom. The van der Waals surface area contributed by atoms with E-state index >= 15 is 0 Å². The van der Waals surface area contributed by atoms with Crippen LogP contribution >= 0.6 is 0 Å². The van der Waals surface area contributed by atoms with Crippen molar-refractivity contribution in [2.24, 2.45) is 0 Å². The van der Waals surface area contributed by atoms with E-state index in [-0.39, 0.29) is 0 Å². The van der Waals surface area contributed by atoms with Crippen LogP contribution in [0.4, 0.5) is 0 Å². The summed E-state index contributed by atoms with van der Waals surface area (Å²) < 4.78 is 9.67. The highest BCUT2D eigenvalue weighted by atomic mass is 15.0. The molecule has 102 heavy (non-hydrogen) atoms. The Kier molecular flexibility index (Phi) is 13.0. The third kappa shape index (κ3) is 8.96. The third-order valence-electron chi connectivity index (χ3n) is 21.6. The van der Waals surface area contributed by atoms with E-state index in [4.69, 9.17) is 0 Å². The molecule has 0 saturated heterocycles. The van der Waals surface area contributed by atoms with Gasteiger partial charge in [-0.15, -0.1) is 0 Å². The van der Waals surface area contributed by atoms with Crippen molar-refractivity contribution in [2.75, 3.05) is 0 Å². The fraction of sp³-hybridized carbons (Fsp3) is 0. The summed E-state index contributed by atoms with van der Waals surface area (Å²) in [7, 11) is 0. The van der Waals surface area contributed by atoms with Crippen molar-refractivity contribution in [3.05, 3.63) is 376 Å². The van der Waals surface area contributed by atoms with Crippen LogP contribution in [0.3, 0.4) is 0 Å². The molecule has 22 aromatic rings. The molecule has 0 aliphatic carbocycles.